The van der Waals surface area contributed by atoms with E-state index in [1.807, 2.05) is 53.4 Å². The first kappa shape index (κ1) is 15.1. The second kappa shape index (κ2) is 6.97. The van der Waals surface area contributed by atoms with Crippen LogP contribution in [0.5, 0.6) is 5.75 Å². The topological polar surface area (TPSA) is 29.5 Å². The highest BCUT2D eigenvalue weighted by Gasteiger charge is 2.25. The number of hydrogen-bond acceptors (Lipinski definition) is 2. The van der Waals surface area contributed by atoms with E-state index < -0.39 is 0 Å². The molecular weight excluding hydrogens is 342 g/mol. The van der Waals surface area contributed by atoms with Crippen LogP contribution in [0.25, 0.3) is 0 Å². The third-order valence-corrected chi connectivity index (χ3v) is 4.33. The molecule has 0 bridgehead atoms. The molecule has 1 aliphatic rings. The van der Waals surface area contributed by atoms with Gasteiger partial charge >= 0.3 is 0 Å². The van der Waals surface area contributed by atoms with Gasteiger partial charge in [0, 0.05) is 23.1 Å². The zero-order valence-corrected chi connectivity index (χ0v) is 13.9. The molecule has 2 aromatic carbocycles. The number of fused-ring (bicyclic) bond motifs is 1. The number of unbranched alkanes of at least 4 members (excludes halogenated alkanes) is 1. The lowest BCUT2D eigenvalue weighted by molar-refractivity contribution is 0.0773. The van der Waals surface area contributed by atoms with Crippen molar-refractivity contribution in [3.05, 3.63) is 64.1 Å². The number of benzene rings is 2. The zero-order valence-electron chi connectivity index (χ0n) is 12.3. The number of hydrogen-bond donors (Lipinski definition) is 0. The minimum atomic E-state index is 0.157. The van der Waals surface area contributed by atoms with Crippen LogP contribution in [-0.2, 0) is 6.54 Å². The Morgan fingerprint density at radius 1 is 1.05 bits per heavy atom. The molecule has 114 valence electrons. The van der Waals surface area contributed by atoms with Crippen LogP contribution in [0.15, 0.2) is 53.0 Å². The van der Waals surface area contributed by atoms with Crippen molar-refractivity contribution in [3.8, 4) is 5.75 Å². The van der Waals surface area contributed by atoms with Crippen molar-refractivity contribution in [2.24, 2.45) is 0 Å². The molecule has 0 N–H and O–H groups in total. The number of nitrogens with zero attached hydrogens (tertiary/aromatic N) is 1. The van der Waals surface area contributed by atoms with Gasteiger partial charge in [-0.15, -0.1) is 0 Å². The normalized spacial score (nSPS) is 13.3. The van der Waals surface area contributed by atoms with Crippen molar-refractivity contribution in [3.63, 3.8) is 0 Å². The number of amides is 1. The van der Waals surface area contributed by atoms with Gasteiger partial charge in [0.15, 0.2) is 0 Å². The molecule has 1 heterocycles. The SMILES string of the molecule is O=C1c2ccccc2CN1CCCCOc1ccc(Br)cc1. The summed E-state index contributed by atoms with van der Waals surface area (Å²) in [5.41, 5.74) is 1.99. The summed E-state index contributed by atoms with van der Waals surface area (Å²) in [5, 5.41) is 0. The smallest absolute Gasteiger partial charge is 0.254 e. The molecule has 4 heteroatoms. The van der Waals surface area contributed by atoms with Gasteiger partial charge in [-0.3, -0.25) is 4.79 Å². The van der Waals surface area contributed by atoms with Crippen LogP contribution in [0.4, 0.5) is 0 Å². The van der Waals surface area contributed by atoms with Crippen LogP contribution in [-0.4, -0.2) is 24.0 Å². The number of halogens is 1. The first-order valence-corrected chi connectivity index (χ1v) is 8.29. The van der Waals surface area contributed by atoms with Crippen LogP contribution in [0.1, 0.15) is 28.8 Å². The highest BCUT2D eigenvalue weighted by Crippen LogP contribution is 2.22. The monoisotopic (exact) mass is 359 g/mol. The Morgan fingerprint density at radius 3 is 2.59 bits per heavy atom. The van der Waals surface area contributed by atoms with Crippen molar-refractivity contribution in [1.82, 2.24) is 4.90 Å². The molecule has 0 atom stereocenters. The van der Waals surface area contributed by atoms with Gasteiger partial charge in [0.1, 0.15) is 5.75 Å². The van der Waals surface area contributed by atoms with E-state index in [4.69, 9.17) is 4.74 Å². The van der Waals surface area contributed by atoms with Crippen molar-refractivity contribution in [1.29, 1.82) is 0 Å². The van der Waals surface area contributed by atoms with Gasteiger partial charge in [-0.05, 0) is 48.7 Å². The first-order chi connectivity index (χ1) is 10.7. The average molecular weight is 360 g/mol. The fourth-order valence-corrected chi connectivity index (χ4v) is 2.89. The Bertz CT molecular complexity index is 654. The Balaban J connectivity index is 1.39. The Kier molecular flexibility index (Phi) is 4.78. The van der Waals surface area contributed by atoms with Crippen LogP contribution < -0.4 is 4.74 Å². The molecule has 3 nitrogen and oxygen atoms in total. The molecule has 0 unspecified atom stereocenters. The summed E-state index contributed by atoms with van der Waals surface area (Å²) in [4.78, 5) is 14.1. The van der Waals surface area contributed by atoms with Gasteiger partial charge in [-0.25, -0.2) is 0 Å². The maximum Gasteiger partial charge on any atom is 0.254 e. The minimum absolute atomic E-state index is 0.157. The van der Waals surface area contributed by atoms with Crippen LogP contribution in [0.2, 0.25) is 0 Å². The number of carbonyl (C=O) groups is 1. The molecule has 0 saturated heterocycles. The molecule has 0 spiro atoms. The van der Waals surface area contributed by atoms with Crippen molar-refractivity contribution in [2.45, 2.75) is 19.4 Å². The summed E-state index contributed by atoms with van der Waals surface area (Å²) in [5.74, 6) is 1.04. The molecule has 0 radical (unpaired) electrons. The number of carbonyl (C=O) groups excluding carboxylic acids is 1. The van der Waals surface area contributed by atoms with Crippen molar-refractivity contribution < 1.29 is 9.53 Å². The quantitative estimate of drug-likeness (QED) is 0.721. The van der Waals surface area contributed by atoms with E-state index in [2.05, 4.69) is 15.9 Å². The zero-order chi connectivity index (χ0) is 15.4. The first-order valence-electron chi connectivity index (χ1n) is 7.49. The molecule has 22 heavy (non-hydrogen) atoms. The standard InChI is InChI=1S/C18H18BrNO2/c19-15-7-9-16(10-8-15)22-12-4-3-11-20-13-14-5-1-2-6-17(14)18(20)21/h1-2,5-10H,3-4,11-13H2. The van der Waals surface area contributed by atoms with Gasteiger partial charge in [-0.2, -0.15) is 0 Å². The highest BCUT2D eigenvalue weighted by molar-refractivity contribution is 9.10. The van der Waals surface area contributed by atoms with Gasteiger partial charge in [0.25, 0.3) is 5.91 Å². The lowest BCUT2D eigenvalue weighted by Gasteiger charge is -2.15. The predicted molar refractivity (Wildman–Crippen MR) is 90.1 cm³/mol. The van der Waals surface area contributed by atoms with E-state index in [9.17, 15) is 4.79 Å². The van der Waals surface area contributed by atoms with E-state index in [-0.39, 0.29) is 5.91 Å². The second-order valence-electron chi connectivity index (χ2n) is 5.39. The van der Waals surface area contributed by atoms with Crippen LogP contribution in [0.3, 0.4) is 0 Å². The third-order valence-electron chi connectivity index (χ3n) is 3.80. The van der Waals surface area contributed by atoms with E-state index in [1.165, 1.54) is 0 Å². The molecule has 0 aliphatic carbocycles. The third kappa shape index (κ3) is 3.50. The average Bonchev–Trinajstić information content (AvgIpc) is 2.86. The fraction of sp³-hybridized carbons (Fsp3) is 0.278. The van der Waals surface area contributed by atoms with Gasteiger partial charge < -0.3 is 9.64 Å². The molecule has 2 aromatic rings. The number of rotatable bonds is 6. The maximum atomic E-state index is 12.2. The summed E-state index contributed by atoms with van der Waals surface area (Å²) in [6.45, 7) is 2.20. The Hall–Kier alpha value is -1.81. The molecular formula is C18H18BrNO2. The molecule has 1 aliphatic heterocycles. The Labute approximate surface area is 139 Å². The summed E-state index contributed by atoms with van der Waals surface area (Å²) in [6.07, 6.45) is 1.90. The molecule has 0 aromatic heterocycles. The van der Waals surface area contributed by atoms with Gasteiger partial charge in [-0.1, -0.05) is 34.1 Å². The summed E-state index contributed by atoms with van der Waals surface area (Å²) < 4.78 is 6.74. The lowest BCUT2D eigenvalue weighted by Crippen LogP contribution is -2.25. The lowest BCUT2D eigenvalue weighted by atomic mass is 10.1. The van der Waals surface area contributed by atoms with E-state index >= 15 is 0 Å². The number of ether oxygens (including phenoxy) is 1. The van der Waals surface area contributed by atoms with E-state index in [0.717, 1.165) is 47.3 Å². The Morgan fingerprint density at radius 2 is 1.82 bits per heavy atom. The van der Waals surface area contributed by atoms with Gasteiger partial charge in [0.2, 0.25) is 0 Å². The largest absolute Gasteiger partial charge is 0.494 e. The van der Waals surface area contributed by atoms with Crippen molar-refractivity contribution >= 4 is 21.8 Å². The molecule has 0 fully saturated rings. The summed E-state index contributed by atoms with van der Waals surface area (Å²) in [7, 11) is 0. The molecule has 0 saturated carbocycles. The minimum Gasteiger partial charge on any atom is -0.494 e. The fourth-order valence-electron chi connectivity index (χ4n) is 2.62. The van der Waals surface area contributed by atoms with Crippen LogP contribution in [0, 0.1) is 0 Å². The highest BCUT2D eigenvalue weighted by atomic mass is 79.9. The van der Waals surface area contributed by atoms with Gasteiger partial charge in [0.05, 0.1) is 6.61 Å². The van der Waals surface area contributed by atoms with Crippen LogP contribution >= 0.6 is 15.9 Å². The summed E-state index contributed by atoms with van der Waals surface area (Å²) >= 11 is 3.40. The second-order valence-corrected chi connectivity index (χ2v) is 6.31. The van der Waals surface area contributed by atoms with E-state index in [1.54, 1.807) is 0 Å². The van der Waals surface area contributed by atoms with Crippen molar-refractivity contribution in [2.75, 3.05) is 13.2 Å². The van der Waals surface area contributed by atoms with E-state index in [0.29, 0.717) is 6.61 Å². The molecule has 1 amide bonds. The molecule has 3 rings (SSSR count). The maximum absolute atomic E-state index is 12.2. The predicted octanol–water partition coefficient (Wildman–Crippen LogP) is 4.26. The summed E-state index contributed by atoms with van der Waals surface area (Å²) in [6, 6.07) is 15.7.